The Labute approximate surface area is 223 Å². The molecule has 1 aliphatic rings. The Morgan fingerprint density at radius 3 is 2.37 bits per heavy atom. The van der Waals surface area contributed by atoms with Crippen molar-refractivity contribution in [1.29, 1.82) is 0 Å². The molecule has 0 aromatic heterocycles. The molecule has 0 spiro atoms. The number of anilines is 3. The summed E-state index contributed by atoms with van der Waals surface area (Å²) in [5, 5.41) is 6.25. The Morgan fingerprint density at radius 1 is 1.00 bits per heavy atom. The third-order valence-electron chi connectivity index (χ3n) is 5.42. The summed E-state index contributed by atoms with van der Waals surface area (Å²) < 4.78 is 29.3. The number of rotatable bonds is 6. The van der Waals surface area contributed by atoms with Gasteiger partial charge in [-0.3, -0.25) is 14.8 Å². The lowest BCUT2D eigenvalue weighted by molar-refractivity contribution is 0.0977. The van der Waals surface area contributed by atoms with Crippen LogP contribution in [0.25, 0.3) is 0 Å². The number of hydrogen-bond acceptors (Lipinski definition) is 5. The van der Waals surface area contributed by atoms with Crippen LogP contribution in [0.2, 0.25) is 5.02 Å². The lowest BCUT2D eigenvalue weighted by Crippen LogP contribution is -2.35. The largest absolute Gasteiger partial charge is 0.370 e. The van der Waals surface area contributed by atoms with Gasteiger partial charge in [-0.05, 0) is 95.6 Å². The number of nitrogens with one attached hydrogen (secondary N) is 3. The summed E-state index contributed by atoms with van der Waals surface area (Å²) in [5.74, 6) is -0.383. The molecule has 0 radical (unpaired) electrons. The summed E-state index contributed by atoms with van der Waals surface area (Å²) in [5.41, 5.74) is 2.12. The van der Waals surface area contributed by atoms with Crippen LogP contribution in [0.1, 0.15) is 23.2 Å². The van der Waals surface area contributed by atoms with Gasteiger partial charge >= 0.3 is 0 Å². The molecule has 1 saturated heterocycles. The van der Waals surface area contributed by atoms with Crippen molar-refractivity contribution >= 4 is 77.9 Å². The number of carbonyl (C=O) groups is 1. The summed E-state index contributed by atoms with van der Waals surface area (Å²) in [4.78, 5) is 14.9. The van der Waals surface area contributed by atoms with Gasteiger partial charge in [-0.25, -0.2) is 8.42 Å². The van der Waals surface area contributed by atoms with Crippen molar-refractivity contribution < 1.29 is 13.2 Å². The third kappa shape index (κ3) is 6.32. The van der Waals surface area contributed by atoms with Gasteiger partial charge in [-0.15, -0.1) is 0 Å². The SMILES string of the molecule is O=C(NC(=S)Nc1cc(S(=O)(=O)Nc2ccc(Cl)cc2)ccc1N1CCCC1)c1ccccc1Br. The molecule has 0 atom stereocenters. The van der Waals surface area contributed by atoms with E-state index in [2.05, 4.69) is 36.2 Å². The van der Waals surface area contributed by atoms with E-state index in [9.17, 15) is 13.2 Å². The predicted octanol–water partition coefficient (Wildman–Crippen LogP) is 5.63. The minimum Gasteiger partial charge on any atom is -0.370 e. The molecule has 1 heterocycles. The van der Waals surface area contributed by atoms with E-state index < -0.39 is 10.0 Å². The number of amides is 1. The predicted molar refractivity (Wildman–Crippen MR) is 148 cm³/mol. The molecule has 3 aromatic rings. The van der Waals surface area contributed by atoms with Gasteiger partial charge < -0.3 is 10.2 Å². The highest BCUT2D eigenvalue weighted by Gasteiger charge is 2.22. The van der Waals surface area contributed by atoms with E-state index in [0.717, 1.165) is 31.6 Å². The van der Waals surface area contributed by atoms with E-state index in [-0.39, 0.29) is 15.9 Å². The van der Waals surface area contributed by atoms with Gasteiger partial charge in [0.25, 0.3) is 15.9 Å². The molecule has 4 rings (SSSR count). The fraction of sp³-hybridized carbons (Fsp3) is 0.167. The number of nitrogens with zero attached hydrogens (tertiary/aromatic N) is 1. The topological polar surface area (TPSA) is 90.5 Å². The van der Waals surface area contributed by atoms with Gasteiger partial charge in [-0.1, -0.05) is 23.7 Å². The first-order valence-corrected chi connectivity index (χ1v) is 13.8. The average Bonchev–Trinajstić information content (AvgIpc) is 3.35. The first-order valence-electron chi connectivity index (χ1n) is 10.8. The number of benzene rings is 3. The van der Waals surface area contributed by atoms with Gasteiger partial charge in [0, 0.05) is 28.3 Å². The maximum absolute atomic E-state index is 13.1. The van der Waals surface area contributed by atoms with E-state index in [1.54, 1.807) is 54.6 Å². The maximum Gasteiger partial charge on any atom is 0.261 e. The van der Waals surface area contributed by atoms with Crippen LogP contribution in [-0.2, 0) is 10.0 Å². The molecule has 0 bridgehead atoms. The lowest BCUT2D eigenvalue weighted by Gasteiger charge is -2.23. The number of sulfonamides is 1. The van der Waals surface area contributed by atoms with Crippen molar-refractivity contribution in [2.24, 2.45) is 0 Å². The highest BCUT2D eigenvalue weighted by Crippen LogP contribution is 2.32. The van der Waals surface area contributed by atoms with Crippen molar-refractivity contribution in [1.82, 2.24) is 5.32 Å². The molecule has 0 aliphatic carbocycles. The summed E-state index contributed by atoms with van der Waals surface area (Å²) in [6.45, 7) is 1.69. The molecule has 3 N–H and O–H groups in total. The smallest absolute Gasteiger partial charge is 0.261 e. The second kappa shape index (κ2) is 10.9. The first-order chi connectivity index (χ1) is 16.7. The Bertz CT molecular complexity index is 1360. The molecule has 182 valence electrons. The standard InChI is InChI=1S/C24H22BrClN4O3S2/c25-20-6-2-1-5-19(20)23(31)28-24(34)27-21-15-18(11-12-22(21)30-13-3-4-14-30)35(32,33)29-17-9-7-16(26)8-10-17/h1-2,5-12,15,29H,3-4,13-14H2,(H2,27,28,31,34). The summed E-state index contributed by atoms with van der Waals surface area (Å²) >= 11 is 14.6. The third-order valence-corrected chi connectivity index (χ3v) is 7.94. The van der Waals surface area contributed by atoms with Crippen LogP contribution in [-0.4, -0.2) is 32.5 Å². The Kier molecular flexibility index (Phi) is 7.95. The van der Waals surface area contributed by atoms with Gasteiger partial charge in [0.1, 0.15) is 0 Å². The summed E-state index contributed by atoms with van der Waals surface area (Å²) in [7, 11) is -3.88. The van der Waals surface area contributed by atoms with Crippen LogP contribution in [0.4, 0.5) is 17.1 Å². The van der Waals surface area contributed by atoms with Gasteiger partial charge in [-0.2, -0.15) is 0 Å². The first kappa shape index (κ1) is 25.4. The number of carbonyl (C=O) groups excluding carboxylic acids is 1. The van der Waals surface area contributed by atoms with Crippen molar-refractivity contribution in [3.8, 4) is 0 Å². The highest BCUT2D eigenvalue weighted by atomic mass is 79.9. The molecule has 1 fully saturated rings. The maximum atomic E-state index is 13.1. The van der Waals surface area contributed by atoms with E-state index in [4.69, 9.17) is 23.8 Å². The number of halogens is 2. The van der Waals surface area contributed by atoms with Crippen LogP contribution >= 0.6 is 39.7 Å². The van der Waals surface area contributed by atoms with Crippen LogP contribution in [0.3, 0.4) is 0 Å². The fourth-order valence-electron chi connectivity index (χ4n) is 3.72. The molecule has 1 aliphatic heterocycles. The van der Waals surface area contributed by atoms with Gasteiger partial charge in [0.05, 0.1) is 21.8 Å². The summed E-state index contributed by atoms with van der Waals surface area (Å²) in [6.07, 6.45) is 2.08. The zero-order valence-electron chi connectivity index (χ0n) is 18.4. The quantitative estimate of drug-likeness (QED) is 0.321. The van der Waals surface area contributed by atoms with E-state index in [1.807, 2.05) is 6.07 Å². The van der Waals surface area contributed by atoms with Crippen LogP contribution < -0.4 is 20.3 Å². The Hall–Kier alpha value is -2.66. The second-order valence-electron chi connectivity index (χ2n) is 7.87. The fourth-order valence-corrected chi connectivity index (χ4v) is 5.60. The van der Waals surface area contributed by atoms with Crippen molar-refractivity contribution in [2.45, 2.75) is 17.7 Å². The molecule has 1 amide bonds. The molecule has 7 nitrogen and oxygen atoms in total. The zero-order chi connectivity index (χ0) is 25.0. The van der Waals surface area contributed by atoms with Crippen LogP contribution in [0.15, 0.2) is 76.1 Å². The minimum absolute atomic E-state index is 0.0535. The van der Waals surface area contributed by atoms with Crippen molar-refractivity contribution in [2.75, 3.05) is 28.0 Å². The molecule has 11 heteroatoms. The van der Waals surface area contributed by atoms with Crippen molar-refractivity contribution in [3.05, 3.63) is 81.8 Å². The zero-order valence-corrected chi connectivity index (χ0v) is 22.4. The molecular weight excluding hydrogens is 572 g/mol. The Morgan fingerprint density at radius 2 is 1.69 bits per heavy atom. The minimum atomic E-state index is -3.88. The van der Waals surface area contributed by atoms with Crippen molar-refractivity contribution in [3.63, 3.8) is 0 Å². The van der Waals surface area contributed by atoms with Gasteiger partial charge in [0.15, 0.2) is 5.11 Å². The second-order valence-corrected chi connectivity index (χ2v) is 11.3. The van der Waals surface area contributed by atoms with Crippen LogP contribution in [0, 0.1) is 0 Å². The van der Waals surface area contributed by atoms with E-state index in [0.29, 0.717) is 26.4 Å². The number of thiocarbonyl (C=S) groups is 1. The Balaban J connectivity index is 1.59. The molecule has 35 heavy (non-hydrogen) atoms. The average molecular weight is 594 g/mol. The lowest BCUT2D eigenvalue weighted by atomic mass is 10.2. The normalized spacial score (nSPS) is 13.4. The molecular formula is C24H22BrClN4O3S2. The summed E-state index contributed by atoms with van der Waals surface area (Å²) in [6, 6.07) is 18.2. The number of hydrogen-bond donors (Lipinski definition) is 3. The monoisotopic (exact) mass is 592 g/mol. The molecule has 3 aromatic carbocycles. The molecule has 0 unspecified atom stereocenters. The molecule has 0 saturated carbocycles. The highest BCUT2D eigenvalue weighted by molar-refractivity contribution is 9.10. The van der Waals surface area contributed by atoms with Crippen LogP contribution in [0.5, 0.6) is 0 Å². The van der Waals surface area contributed by atoms with Gasteiger partial charge in [0.2, 0.25) is 0 Å². The van der Waals surface area contributed by atoms with E-state index >= 15 is 0 Å². The van der Waals surface area contributed by atoms with E-state index in [1.165, 1.54) is 6.07 Å².